The molecule has 2 bridgehead atoms. The van der Waals surface area contributed by atoms with Crippen molar-refractivity contribution in [3.63, 3.8) is 0 Å². The van der Waals surface area contributed by atoms with Crippen LogP contribution in [0.5, 0.6) is 0 Å². The number of carbonyl (C=O) groups excluding carboxylic acids is 5. The number of benzene rings is 1. The van der Waals surface area contributed by atoms with E-state index in [1.54, 1.807) is 19.1 Å². The van der Waals surface area contributed by atoms with Crippen molar-refractivity contribution in [1.29, 1.82) is 0 Å². The molecule has 2 heterocycles. The first kappa shape index (κ1) is 51.3. The predicted octanol–water partition coefficient (Wildman–Crippen LogP) is 1.55. The third kappa shape index (κ3) is 12.6. The van der Waals surface area contributed by atoms with Crippen LogP contribution < -0.4 is 43.8 Å². The van der Waals surface area contributed by atoms with Crippen LogP contribution in [0.3, 0.4) is 0 Å². The Labute approximate surface area is 380 Å². The Bertz CT molecular complexity index is 1730. The van der Waals surface area contributed by atoms with Gasteiger partial charge in [-0.05, 0) is 152 Å². The highest BCUT2D eigenvalue weighted by molar-refractivity contribution is 6.47. The molecule has 64 heavy (non-hydrogen) atoms. The second-order valence-corrected chi connectivity index (χ2v) is 19.6. The number of unbranched alkanes of at least 4 members (excludes halogenated alkanes) is 4. The zero-order valence-corrected chi connectivity index (χ0v) is 39.2. The first-order valence-corrected chi connectivity index (χ1v) is 23.9. The number of aliphatic hydroxyl groups excluding tert-OH is 1. The first-order chi connectivity index (χ1) is 30.4. The fourth-order valence-electron chi connectivity index (χ4n) is 10.3. The number of aliphatic hydroxyl groups is 1. The lowest BCUT2D eigenvalue weighted by Gasteiger charge is -2.64. The average molecular weight is 896 g/mol. The van der Waals surface area contributed by atoms with Crippen LogP contribution in [0.4, 0.5) is 0 Å². The molecule has 3 aliphatic carbocycles. The van der Waals surface area contributed by atoms with E-state index in [9.17, 15) is 29.1 Å². The minimum absolute atomic E-state index is 0.0455. The molecular weight excluding hydrogens is 817 g/mol. The minimum Gasteiger partial charge on any atom is -0.404 e. The third-order valence-electron chi connectivity index (χ3n) is 14.6. The number of amides is 5. The Morgan fingerprint density at radius 3 is 2.11 bits per heavy atom. The monoisotopic (exact) mass is 896 g/mol. The number of nitrogens with two attached hydrogens (primary N) is 3. The topological polar surface area (TPSA) is 265 Å². The smallest absolute Gasteiger partial charge is 0.404 e. The molecule has 1 aromatic carbocycles. The Morgan fingerprint density at radius 2 is 1.48 bits per heavy atom. The summed E-state index contributed by atoms with van der Waals surface area (Å²) in [6.45, 7) is 15.7. The molecule has 0 radical (unpaired) electrons. The molecule has 0 aromatic heterocycles. The first-order valence-electron chi connectivity index (χ1n) is 23.9. The van der Waals surface area contributed by atoms with Crippen molar-refractivity contribution in [2.24, 2.45) is 34.5 Å². The third-order valence-corrected chi connectivity index (χ3v) is 14.6. The average Bonchev–Trinajstić information content (AvgIpc) is 3.64. The van der Waals surface area contributed by atoms with E-state index >= 15 is 0 Å². The molecule has 0 spiro atoms. The van der Waals surface area contributed by atoms with Crippen molar-refractivity contribution in [3.05, 3.63) is 35.4 Å². The number of nitrogens with zero attached hydrogens (tertiary/aromatic N) is 1. The number of rotatable bonds is 24. The molecule has 3 saturated carbocycles. The molecule has 1 unspecified atom stereocenters. The predicted molar refractivity (Wildman–Crippen MR) is 246 cm³/mol. The fourth-order valence-corrected chi connectivity index (χ4v) is 10.3. The van der Waals surface area contributed by atoms with Crippen molar-refractivity contribution in [3.8, 4) is 0 Å². The van der Waals surface area contributed by atoms with Gasteiger partial charge in [-0.2, -0.15) is 0 Å². The van der Waals surface area contributed by atoms with Crippen LogP contribution in [0, 0.1) is 17.3 Å². The van der Waals surface area contributed by atoms with Gasteiger partial charge in [-0.15, -0.1) is 0 Å². The van der Waals surface area contributed by atoms with E-state index < -0.39 is 78.6 Å². The highest BCUT2D eigenvalue weighted by atomic mass is 16.7. The zero-order valence-electron chi connectivity index (χ0n) is 39.2. The number of carbonyl (C=O) groups is 5. The van der Waals surface area contributed by atoms with Gasteiger partial charge in [0, 0.05) is 5.56 Å². The molecule has 10 atom stereocenters. The largest absolute Gasteiger partial charge is 0.481 e. The molecule has 2 saturated heterocycles. The molecule has 2 aliphatic heterocycles. The van der Waals surface area contributed by atoms with E-state index in [2.05, 4.69) is 59.2 Å². The van der Waals surface area contributed by atoms with Crippen LogP contribution >= 0.6 is 0 Å². The molecular formula is C46H78BN9O8. The molecule has 6 rings (SSSR count). The van der Waals surface area contributed by atoms with E-state index in [0.29, 0.717) is 42.7 Å². The molecule has 5 fully saturated rings. The van der Waals surface area contributed by atoms with Crippen LogP contribution in [-0.4, -0.2) is 127 Å². The van der Waals surface area contributed by atoms with Gasteiger partial charge in [-0.25, -0.2) is 0 Å². The molecule has 17 nitrogen and oxygen atoms in total. The summed E-state index contributed by atoms with van der Waals surface area (Å²) in [5.74, 6) is -2.74. The molecule has 5 amide bonds. The van der Waals surface area contributed by atoms with Crippen molar-refractivity contribution in [2.75, 3.05) is 32.7 Å². The highest BCUT2D eigenvalue weighted by Crippen LogP contribution is 2.65. The maximum atomic E-state index is 13.7. The minimum atomic E-state index is -1.65. The maximum Gasteiger partial charge on any atom is 0.481 e. The second-order valence-electron chi connectivity index (χ2n) is 19.6. The number of piperidine rings is 1. The maximum absolute atomic E-state index is 13.7. The van der Waals surface area contributed by atoms with Gasteiger partial charge in [0.05, 0.1) is 23.8 Å². The Morgan fingerprint density at radius 1 is 0.812 bits per heavy atom. The van der Waals surface area contributed by atoms with Crippen molar-refractivity contribution < 1.29 is 38.4 Å². The second kappa shape index (κ2) is 23.2. The quantitative estimate of drug-likeness (QED) is 0.0407. The summed E-state index contributed by atoms with van der Waals surface area (Å²) < 4.78 is 12.9. The van der Waals surface area contributed by atoms with Gasteiger partial charge in [-0.1, -0.05) is 52.2 Å². The molecule has 1 aromatic rings. The van der Waals surface area contributed by atoms with E-state index in [4.69, 9.17) is 26.5 Å². The van der Waals surface area contributed by atoms with Crippen LogP contribution in [-0.2, 0) is 28.5 Å². The van der Waals surface area contributed by atoms with Gasteiger partial charge in [0.2, 0.25) is 17.7 Å². The fraction of sp³-hybridized carbons (Fsp3) is 0.761. The van der Waals surface area contributed by atoms with Gasteiger partial charge in [0.15, 0.2) is 6.17 Å². The summed E-state index contributed by atoms with van der Waals surface area (Å²) in [6.07, 6.45) is 7.41. The van der Waals surface area contributed by atoms with Gasteiger partial charge in [-0.3, -0.25) is 24.0 Å². The van der Waals surface area contributed by atoms with E-state index in [1.807, 2.05) is 12.1 Å². The van der Waals surface area contributed by atoms with Crippen LogP contribution in [0.25, 0.3) is 0 Å². The van der Waals surface area contributed by atoms with Crippen molar-refractivity contribution >= 4 is 36.7 Å². The van der Waals surface area contributed by atoms with Crippen LogP contribution in [0.2, 0.25) is 0 Å². The summed E-state index contributed by atoms with van der Waals surface area (Å²) in [7, 11) is -0.670. The number of nitrogens with one attached hydrogen (secondary N) is 5. The van der Waals surface area contributed by atoms with Crippen LogP contribution in [0.15, 0.2) is 24.3 Å². The standard InChI is InChI=1S/C46H78BN9O8/c1-7-8-9-12-23-56-24-19-31(20-25-56)30-14-16-32(17-15-30)40(58)52-35(18-22-49)42(60)54-38(28(2)57)43(61)55-39(50)44(62)53-34(13-10-11-21-48)41(59)51-29(3)47-63-37-27-33-26-36(45(33,4)5)46(37,6)64-47/h14-17,28-29,31,33-39,57H,7-13,18-27,48-50H2,1-6H3,(H,51,59)(H,52,58)(H,53,62)(H,54,60)(H,55,61)/t28-,29+,33+,34+,35+,36+,37?,38+,39-,46+/m1/s1. The number of hydrogen-bond donors (Lipinski definition) is 9. The van der Waals surface area contributed by atoms with Gasteiger partial charge < -0.3 is 63.1 Å². The van der Waals surface area contributed by atoms with E-state index in [1.165, 1.54) is 38.2 Å². The number of hydrogen-bond acceptors (Lipinski definition) is 12. The highest BCUT2D eigenvalue weighted by Gasteiger charge is 2.68. The molecule has 358 valence electrons. The normalized spacial score (nSPS) is 25.7. The number of likely N-dealkylation sites (tertiary alicyclic amines) is 1. The summed E-state index contributed by atoms with van der Waals surface area (Å²) in [6, 6.07) is 3.71. The molecule has 18 heteroatoms. The Kier molecular flexibility index (Phi) is 18.6. The lowest BCUT2D eigenvalue weighted by atomic mass is 9.43. The van der Waals surface area contributed by atoms with Gasteiger partial charge in [0.25, 0.3) is 11.8 Å². The van der Waals surface area contributed by atoms with Crippen molar-refractivity contribution in [1.82, 2.24) is 31.5 Å². The van der Waals surface area contributed by atoms with Gasteiger partial charge in [0.1, 0.15) is 18.1 Å². The summed E-state index contributed by atoms with van der Waals surface area (Å²) in [4.78, 5) is 70.0. The summed E-state index contributed by atoms with van der Waals surface area (Å²) in [5.41, 5.74) is 18.9. The summed E-state index contributed by atoms with van der Waals surface area (Å²) in [5, 5.41) is 23.7. The van der Waals surface area contributed by atoms with Crippen LogP contribution in [0.1, 0.15) is 140 Å². The Balaban J connectivity index is 1.11. The van der Waals surface area contributed by atoms with E-state index in [-0.39, 0.29) is 30.9 Å². The van der Waals surface area contributed by atoms with Gasteiger partial charge >= 0.3 is 7.12 Å². The van der Waals surface area contributed by atoms with Crippen molar-refractivity contribution in [2.45, 2.75) is 173 Å². The molecule has 5 aliphatic rings. The molecule has 12 N–H and O–H groups in total. The lowest BCUT2D eigenvalue weighted by molar-refractivity contribution is -0.199. The zero-order chi connectivity index (χ0) is 46.8. The Hall–Kier alpha value is -3.65. The SMILES string of the molecule is CCCCCCN1CCC(c2ccc(C(=O)N[C@@H](CCN)C(=O)N[C@H](C(=O)N[C@@H](N)C(=O)N[C@@H](CCCCN)C(=O)N[C@@H](C)B3OC4C[C@@H]5C[C@@H](C5(C)C)[C@]4(C)O3)[C@@H](C)O)cc2)CC1. The summed E-state index contributed by atoms with van der Waals surface area (Å²) >= 11 is 0. The lowest BCUT2D eigenvalue weighted by Crippen LogP contribution is -2.65. The van der Waals surface area contributed by atoms with E-state index in [0.717, 1.165) is 45.3 Å².